The average molecular weight is 391 g/mol. The lowest BCUT2D eigenvalue weighted by Crippen LogP contribution is -2.32. The smallest absolute Gasteiger partial charge is 0.290 e. The standard InChI is InChI=1S/C21H29NO6/c1-6-15(23)18-19(14-8-9-16(26-4)17(12-14)27-5)22(21(25)20(18)24)10-7-11-28-13(2)3/h8-9,12-13,19,24H,6-7,10-11H2,1-5H3. The number of aliphatic hydroxyl groups is 1. The van der Waals surface area contributed by atoms with Crippen LogP contribution in [0.3, 0.4) is 0 Å². The Kier molecular flexibility index (Phi) is 7.45. The predicted octanol–water partition coefficient (Wildman–Crippen LogP) is 3.19. The summed E-state index contributed by atoms with van der Waals surface area (Å²) in [6, 6.07) is 4.56. The largest absolute Gasteiger partial charge is 0.503 e. The molecule has 1 aromatic carbocycles. The van der Waals surface area contributed by atoms with Gasteiger partial charge in [0.05, 0.1) is 31.9 Å². The molecule has 1 heterocycles. The molecule has 0 aliphatic carbocycles. The molecule has 0 saturated heterocycles. The van der Waals surface area contributed by atoms with Gasteiger partial charge in [0.2, 0.25) is 0 Å². The number of aliphatic hydroxyl groups excluding tert-OH is 1. The molecule has 1 amide bonds. The summed E-state index contributed by atoms with van der Waals surface area (Å²) in [5.41, 5.74) is 0.807. The lowest BCUT2D eigenvalue weighted by molar-refractivity contribution is -0.129. The lowest BCUT2D eigenvalue weighted by atomic mass is 9.94. The number of nitrogens with zero attached hydrogens (tertiary/aromatic N) is 1. The molecular weight excluding hydrogens is 362 g/mol. The number of rotatable bonds is 10. The Balaban J connectivity index is 2.40. The first-order valence-electron chi connectivity index (χ1n) is 9.46. The van der Waals surface area contributed by atoms with Crippen LogP contribution in [0, 0.1) is 0 Å². The average Bonchev–Trinajstić information content (AvgIpc) is 2.94. The molecule has 7 nitrogen and oxygen atoms in total. The maximum Gasteiger partial charge on any atom is 0.290 e. The van der Waals surface area contributed by atoms with E-state index in [0.717, 1.165) is 0 Å². The van der Waals surface area contributed by atoms with E-state index in [1.165, 1.54) is 19.1 Å². The Hall–Kier alpha value is -2.54. The van der Waals surface area contributed by atoms with Gasteiger partial charge >= 0.3 is 0 Å². The Labute approximate surface area is 165 Å². The van der Waals surface area contributed by atoms with Crippen molar-refractivity contribution in [3.63, 3.8) is 0 Å². The van der Waals surface area contributed by atoms with Gasteiger partial charge in [-0.15, -0.1) is 0 Å². The molecule has 0 spiro atoms. The Bertz CT molecular complexity index is 755. The van der Waals surface area contributed by atoms with Crippen LogP contribution in [-0.2, 0) is 14.3 Å². The second-order valence-corrected chi connectivity index (χ2v) is 6.83. The third kappa shape index (κ3) is 4.47. The van der Waals surface area contributed by atoms with Gasteiger partial charge in [0.25, 0.3) is 5.91 Å². The fourth-order valence-corrected chi connectivity index (χ4v) is 3.28. The van der Waals surface area contributed by atoms with Crippen LogP contribution in [0.2, 0.25) is 0 Å². The molecule has 1 aliphatic rings. The molecule has 1 atom stereocenters. The zero-order valence-electron chi connectivity index (χ0n) is 17.2. The predicted molar refractivity (Wildman–Crippen MR) is 105 cm³/mol. The Morgan fingerprint density at radius 2 is 1.89 bits per heavy atom. The van der Waals surface area contributed by atoms with Crippen molar-refractivity contribution in [2.75, 3.05) is 27.4 Å². The Morgan fingerprint density at radius 1 is 1.21 bits per heavy atom. The number of Topliss-reactive ketones (excluding diaryl/α,β-unsaturated/α-hetero) is 1. The quantitative estimate of drug-likeness (QED) is 0.617. The third-order valence-corrected chi connectivity index (χ3v) is 4.64. The van der Waals surface area contributed by atoms with Gasteiger partial charge < -0.3 is 24.2 Å². The minimum Gasteiger partial charge on any atom is -0.503 e. The van der Waals surface area contributed by atoms with E-state index in [1.54, 1.807) is 25.1 Å². The second kappa shape index (κ2) is 9.59. The van der Waals surface area contributed by atoms with Gasteiger partial charge in [-0.3, -0.25) is 9.59 Å². The van der Waals surface area contributed by atoms with Crippen molar-refractivity contribution < 1.29 is 28.9 Å². The molecule has 1 aromatic rings. The van der Waals surface area contributed by atoms with Crippen LogP contribution < -0.4 is 9.47 Å². The molecule has 1 aliphatic heterocycles. The summed E-state index contributed by atoms with van der Waals surface area (Å²) >= 11 is 0. The van der Waals surface area contributed by atoms with Gasteiger partial charge in [0.1, 0.15) is 0 Å². The van der Waals surface area contributed by atoms with E-state index in [4.69, 9.17) is 14.2 Å². The van der Waals surface area contributed by atoms with Crippen LogP contribution in [0.15, 0.2) is 29.5 Å². The third-order valence-electron chi connectivity index (χ3n) is 4.64. The molecule has 28 heavy (non-hydrogen) atoms. The van der Waals surface area contributed by atoms with Crippen molar-refractivity contribution >= 4 is 11.7 Å². The van der Waals surface area contributed by atoms with Crippen molar-refractivity contribution in [2.45, 2.75) is 45.8 Å². The highest BCUT2D eigenvalue weighted by atomic mass is 16.5. The van der Waals surface area contributed by atoms with E-state index in [2.05, 4.69) is 0 Å². The highest BCUT2D eigenvalue weighted by molar-refractivity contribution is 6.08. The van der Waals surface area contributed by atoms with Crippen molar-refractivity contribution in [3.8, 4) is 11.5 Å². The molecule has 1 unspecified atom stereocenters. The number of carbonyl (C=O) groups is 2. The van der Waals surface area contributed by atoms with Crippen LogP contribution in [-0.4, -0.2) is 55.2 Å². The molecule has 1 N–H and O–H groups in total. The highest BCUT2D eigenvalue weighted by Gasteiger charge is 2.42. The number of amides is 1. The van der Waals surface area contributed by atoms with Gasteiger partial charge in [-0.25, -0.2) is 0 Å². The SMILES string of the molecule is CCC(=O)C1=C(O)C(=O)N(CCCOC(C)C)C1c1ccc(OC)c(OC)c1. The van der Waals surface area contributed by atoms with Crippen LogP contribution in [0.4, 0.5) is 0 Å². The van der Waals surface area contributed by atoms with Crippen molar-refractivity contribution in [1.29, 1.82) is 0 Å². The molecule has 154 valence electrons. The molecule has 2 rings (SSSR count). The van der Waals surface area contributed by atoms with Crippen LogP contribution in [0.1, 0.15) is 45.2 Å². The normalized spacial score (nSPS) is 16.9. The van der Waals surface area contributed by atoms with Gasteiger partial charge in [-0.1, -0.05) is 13.0 Å². The fourth-order valence-electron chi connectivity index (χ4n) is 3.28. The first-order valence-corrected chi connectivity index (χ1v) is 9.46. The molecule has 0 aromatic heterocycles. The molecule has 7 heteroatoms. The summed E-state index contributed by atoms with van der Waals surface area (Å²) in [5, 5.41) is 10.4. The maximum absolute atomic E-state index is 12.7. The Morgan fingerprint density at radius 3 is 2.46 bits per heavy atom. The summed E-state index contributed by atoms with van der Waals surface area (Å²) in [6.45, 7) is 6.43. The van der Waals surface area contributed by atoms with Crippen molar-refractivity contribution in [2.24, 2.45) is 0 Å². The number of benzene rings is 1. The first kappa shape index (κ1) is 21.8. The highest BCUT2D eigenvalue weighted by Crippen LogP contribution is 2.41. The molecule has 0 radical (unpaired) electrons. The summed E-state index contributed by atoms with van der Waals surface area (Å²) in [6.07, 6.45) is 0.884. The van der Waals surface area contributed by atoms with Crippen molar-refractivity contribution in [1.82, 2.24) is 4.90 Å². The zero-order valence-corrected chi connectivity index (χ0v) is 17.2. The minimum absolute atomic E-state index is 0.0969. The fraction of sp³-hybridized carbons (Fsp3) is 0.524. The van der Waals surface area contributed by atoms with Crippen molar-refractivity contribution in [3.05, 3.63) is 35.1 Å². The summed E-state index contributed by atoms with van der Waals surface area (Å²) < 4.78 is 16.2. The number of ketones is 1. The van der Waals surface area contributed by atoms with E-state index < -0.39 is 17.7 Å². The minimum atomic E-state index is -0.668. The second-order valence-electron chi connectivity index (χ2n) is 6.83. The van der Waals surface area contributed by atoms with E-state index in [0.29, 0.717) is 36.6 Å². The van der Waals surface area contributed by atoms with Gasteiger partial charge in [-0.2, -0.15) is 0 Å². The van der Waals surface area contributed by atoms with Gasteiger partial charge in [-0.05, 0) is 38.0 Å². The van der Waals surface area contributed by atoms with E-state index in [-0.39, 0.29) is 23.9 Å². The molecule has 0 fully saturated rings. The molecular formula is C21H29NO6. The van der Waals surface area contributed by atoms with E-state index in [9.17, 15) is 14.7 Å². The molecule has 0 saturated carbocycles. The number of methoxy groups -OCH3 is 2. The monoisotopic (exact) mass is 391 g/mol. The van der Waals surface area contributed by atoms with Gasteiger partial charge in [0.15, 0.2) is 23.0 Å². The number of carbonyl (C=O) groups excluding carboxylic acids is 2. The summed E-state index contributed by atoms with van der Waals surface area (Å²) in [4.78, 5) is 26.7. The number of hydrogen-bond donors (Lipinski definition) is 1. The lowest BCUT2D eigenvalue weighted by Gasteiger charge is -2.27. The van der Waals surface area contributed by atoms with E-state index in [1.807, 2.05) is 13.8 Å². The van der Waals surface area contributed by atoms with Gasteiger partial charge in [0, 0.05) is 19.6 Å². The number of hydrogen-bond acceptors (Lipinski definition) is 6. The summed E-state index contributed by atoms with van der Waals surface area (Å²) in [7, 11) is 3.06. The van der Waals surface area contributed by atoms with Crippen LogP contribution in [0.5, 0.6) is 11.5 Å². The van der Waals surface area contributed by atoms with Crippen LogP contribution in [0.25, 0.3) is 0 Å². The zero-order chi connectivity index (χ0) is 20.8. The maximum atomic E-state index is 12.7. The van der Waals surface area contributed by atoms with E-state index >= 15 is 0 Å². The first-order chi connectivity index (χ1) is 13.3. The number of ether oxygens (including phenoxy) is 3. The topological polar surface area (TPSA) is 85.3 Å². The van der Waals surface area contributed by atoms with Crippen LogP contribution >= 0.6 is 0 Å². The molecule has 0 bridgehead atoms. The summed E-state index contributed by atoms with van der Waals surface area (Å²) in [5.74, 6) is -0.238.